The zero-order chi connectivity index (χ0) is 15.2. The lowest BCUT2D eigenvalue weighted by Gasteiger charge is -2.21. The summed E-state index contributed by atoms with van der Waals surface area (Å²) in [5.74, 6) is 0.744. The molecule has 0 heterocycles. The van der Waals surface area contributed by atoms with Gasteiger partial charge in [-0.25, -0.2) is 0 Å². The monoisotopic (exact) mass is 287 g/mol. The summed E-state index contributed by atoms with van der Waals surface area (Å²) in [6.45, 7) is 4.13. The quantitative estimate of drug-likeness (QED) is 0.873. The van der Waals surface area contributed by atoms with Crippen LogP contribution in [-0.2, 0) is 16.0 Å². The highest BCUT2D eigenvalue weighted by Gasteiger charge is 2.33. The van der Waals surface area contributed by atoms with Gasteiger partial charge in [0.15, 0.2) is 0 Å². The Kier molecular flexibility index (Phi) is 5.54. The van der Waals surface area contributed by atoms with Crippen LogP contribution >= 0.6 is 0 Å². The van der Waals surface area contributed by atoms with Crippen molar-refractivity contribution in [2.75, 3.05) is 0 Å². The Morgan fingerprint density at radius 2 is 1.90 bits per heavy atom. The van der Waals surface area contributed by atoms with Crippen LogP contribution in [0, 0.1) is 11.8 Å². The van der Waals surface area contributed by atoms with Crippen molar-refractivity contribution in [3.63, 3.8) is 0 Å². The highest BCUT2D eigenvalue weighted by atomic mass is 16.2. The summed E-state index contributed by atoms with van der Waals surface area (Å²) in [4.78, 5) is 24.4. The Morgan fingerprint density at radius 3 is 2.57 bits per heavy atom. The molecule has 1 aliphatic carbocycles. The maximum atomic E-state index is 12.3. The van der Waals surface area contributed by atoms with Crippen LogP contribution in [0.5, 0.6) is 0 Å². The Morgan fingerprint density at radius 1 is 1.19 bits per heavy atom. The third-order valence-electron chi connectivity index (χ3n) is 4.09. The number of ketones is 1. The summed E-state index contributed by atoms with van der Waals surface area (Å²) in [6, 6.07) is 9.76. The molecule has 0 radical (unpaired) electrons. The van der Waals surface area contributed by atoms with Crippen molar-refractivity contribution in [3.05, 3.63) is 35.9 Å². The fourth-order valence-electron chi connectivity index (χ4n) is 3.11. The van der Waals surface area contributed by atoms with E-state index in [1.807, 2.05) is 30.3 Å². The van der Waals surface area contributed by atoms with E-state index in [1.165, 1.54) is 0 Å². The molecule has 0 bridgehead atoms. The van der Waals surface area contributed by atoms with Crippen molar-refractivity contribution < 1.29 is 9.59 Å². The van der Waals surface area contributed by atoms with Gasteiger partial charge in [-0.05, 0) is 24.3 Å². The number of amides is 1. The molecule has 2 rings (SSSR count). The first-order valence-corrected chi connectivity index (χ1v) is 7.92. The van der Waals surface area contributed by atoms with E-state index in [-0.39, 0.29) is 17.9 Å². The molecule has 1 fully saturated rings. The summed E-state index contributed by atoms with van der Waals surface area (Å²) in [6.07, 6.45) is 3.89. The van der Waals surface area contributed by atoms with Crippen LogP contribution in [0.3, 0.4) is 0 Å². The molecule has 114 valence electrons. The minimum absolute atomic E-state index is 0.0205. The fourth-order valence-corrected chi connectivity index (χ4v) is 3.11. The number of benzene rings is 1. The van der Waals surface area contributed by atoms with Crippen LogP contribution in [-0.4, -0.2) is 17.7 Å². The number of rotatable bonds is 6. The lowest BCUT2D eigenvalue weighted by atomic mass is 9.92. The number of hydrogen-bond acceptors (Lipinski definition) is 2. The second-order valence-corrected chi connectivity index (χ2v) is 6.44. The number of carbonyl (C=O) groups excluding carboxylic acids is 2. The topological polar surface area (TPSA) is 46.2 Å². The van der Waals surface area contributed by atoms with Crippen LogP contribution in [0.25, 0.3) is 0 Å². The Hall–Kier alpha value is -1.64. The van der Waals surface area contributed by atoms with Crippen LogP contribution in [0.1, 0.15) is 45.1 Å². The van der Waals surface area contributed by atoms with E-state index in [0.29, 0.717) is 24.5 Å². The van der Waals surface area contributed by atoms with Gasteiger partial charge in [0.05, 0.1) is 6.42 Å². The van der Waals surface area contributed by atoms with Gasteiger partial charge in [-0.3, -0.25) is 9.59 Å². The minimum atomic E-state index is 0.0205. The van der Waals surface area contributed by atoms with Gasteiger partial charge >= 0.3 is 0 Å². The standard InChI is InChI=1S/C18H25NO2/c1-13(2)11-17(20)15-9-6-10-16(15)19-18(21)12-14-7-4-3-5-8-14/h3-5,7-8,13,15-16H,6,9-12H2,1-2H3,(H,19,21). The lowest BCUT2D eigenvalue weighted by molar-refractivity contribution is -0.125. The van der Waals surface area contributed by atoms with Crippen molar-refractivity contribution in [2.45, 2.75) is 52.0 Å². The lowest BCUT2D eigenvalue weighted by Crippen LogP contribution is -2.41. The van der Waals surface area contributed by atoms with Crippen LogP contribution in [0.15, 0.2) is 30.3 Å². The Balaban J connectivity index is 1.89. The molecule has 1 aliphatic rings. The van der Waals surface area contributed by atoms with E-state index >= 15 is 0 Å². The van der Waals surface area contributed by atoms with Crippen LogP contribution in [0.2, 0.25) is 0 Å². The van der Waals surface area contributed by atoms with Gasteiger partial charge in [0.1, 0.15) is 5.78 Å². The van der Waals surface area contributed by atoms with Gasteiger partial charge in [0.2, 0.25) is 5.91 Å². The minimum Gasteiger partial charge on any atom is -0.352 e. The average Bonchev–Trinajstić information content (AvgIpc) is 2.87. The molecule has 3 heteroatoms. The van der Waals surface area contributed by atoms with Crippen molar-refractivity contribution >= 4 is 11.7 Å². The highest BCUT2D eigenvalue weighted by molar-refractivity contribution is 5.84. The molecular weight excluding hydrogens is 262 g/mol. The fraction of sp³-hybridized carbons (Fsp3) is 0.556. The van der Waals surface area contributed by atoms with E-state index in [1.54, 1.807) is 0 Å². The molecule has 1 amide bonds. The molecule has 0 saturated heterocycles. The smallest absolute Gasteiger partial charge is 0.224 e. The molecule has 0 spiro atoms. The van der Waals surface area contributed by atoms with E-state index in [4.69, 9.17) is 0 Å². The zero-order valence-electron chi connectivity index (χ0n) is 13.0. The number of carbonyl (C=O) groups is 2. The summed E-state index contributed by atoms with van der Waals surface area (Å²) >= 11 is 0. The van der Waals surface area contributed by atoms with Gasteiger partial charge in [-0.15, -0.1) is 0 Å². The van der Waals surface area contributed by atoms with Gasteiger partial charge in [-0.2, -0.15) is 0 Å². The molecule has 1 N–H and O–H groups in total. The normalized spacial score (nSPS) is 21.5. The first-order chi connectivity index (χ1) is 10.1. The molecule has 0 aliphatic heterocycles. The van der Waals surface area contributed by atoms with E-state index in [2.05, 4.69) is 19.2 Å². The third-order valence-corrected chi connectivity index (χ3v) is 4.09. The predicted octanol–water partition coefficient (Wildman–Crippen LogP) is 3.13. The predicted molar refractivity (Wildman–Crippen MR) is 83.9 cm³/mol. The van der Waals surface area contributed by atoms with Gasteiger partial charge in [0.25, 0.3) is 0 Å². The van der Waals surface area contributed by atoms with Crippen LogP contribution < -0.4 is 5.32 Å². The molecule has 3 nitrogen and oxygen atoms in total. The van der Waals surface area contributed by atoms with E-state index in [0.717, 1.165) is 24.8 Å². The van der Waals surface area contributed by atoms with Crippen molar-refractivity contribution in [1.29, 1.82) is 0 Å². The average molecular weight is 287 g/mol. The molecule has 21 heavy (non-hydrogen) atoms. The molecule has 2 unspecified atom stereocenters. The number of hydrogen-bond donors (Lipinski definition) is 1. The molecular formula is C18H25NO2. The summed E-state index contributed by atoms with van der Waals surface area (Å²) < 4.78 is 0. The van der Waals surface area contributed by atoms with Gasteiger partial charge in [0, 0.05) is 18.4 Å². The number of Topliss-reactive ketones (excluding diaryl/α,β-unsaturated/α-hetero) is 1. The van der Waals surface area contributed by atoms with E-state index < -0.39 is 0 Å². The zero-order valence-corrected chi connectivity index (χ0v) is 13.0. The largest absolute Gasteiger partial charge is 0.352 e. The first kappa shape index (κ1) is 15.7. The second kappa shape index (κ2) is 7.39. The maximum Gasteiger partial charge on any atom is 0.224 e. The van der Waals surface area contributed by atoms with Gasteiger partial charge in [-0.1, -0.05) is 50.6 Å². The van der Waals surface area contributed by atoms with Crippen LogP contribution in [0.4, 0.5) is 0 Å². The van der Waals surface area contributed by atoms with E-state index in [9.17, 15) is 9.59 Å². The summed E-state index contributed by atoms with van der Waals surface area (Å²) in [7, 11) is 0. The van der Waals surface area contributed by atoms with Crippen molar-refractivity contribution in [2.24, 2.45) is 11.8 Å². The summed E-state index contributed by atoms with van der Waals surface area (Å²) in [5.41, 5.74) is 1.01. The maximum absolute atomic E-state index is 12.3. The molecule has 1 saturated carbocycles. The van der Waals surface area contributed by atoms with Crippen molar-refractivity contribution in [1.82, 2.24) is 5.32 Å². The molecule has 1 aromatic rings. The second-order valence-electron chi connectivity index (χ2n) is 6.44. The Labute approximate surface area is 127 Å². The molecule has 0 aromatic heterocycles. The summed E-state index contributed by atoms with van der Waals surface area (Å²) in [5, 5.41) is 3.07. The third kappa shape index (κ3) is 4.69. The van der Waals surface area contributed by atoms with Gasteiger partial charge < -0.3 is 5.32 Å². The highest BCUT2D eigenvalue weighted by Crippen LogP contribution is 2.28. The first-order valence-electron chi connectivity index (χ1n) is 7.92. The SMILES string of the molecule is CC(C)CC(=O)C1CCCC1NC(=O)Cc1ccccc1. The van der Waals surface area contributed by atoms with Crippen molar-refractivity contribution in [3.8, 4) is 0 Å². The molecule has 1 aromatic carbocycles. The molecule has 2 atom stereocenters. The number of nitrogens with one attached hydrogen (secondary N) is 1. The Bertz CT molecular complexity index is 481.